The van der Waals surface area contributed by atoms with E-state index >= 15 is 0 Å². The highest BCUT2D eigenvalue weighted by atomic mass is 16.2. The third kappa shape index (κ3) is 3.98. The molecule has 2 aliphatic heterocycles. The molecule has 0 aromatic carbocycles. The maximum absolute atomic E-state index is 11.9. The number of carbonyl (C=O) groups is 1. The van der Waals surface area contributed by atoms with Crippen molar-refractivity contribution < 1.29 is 4.79 Å². The van der Waals surface area contributed by atoms with E-state index in [1.54, 1.807) is 10.9 Å². The SMILES string of the molecule is C=CC(=O)N1CCC(N2CCN(c3cc(-c4cnn(C)c4)cn4ncc(C#N)c34)CC2)CC1. The van der Waals surface area contributed by atoms with Crippen LogP contribution in [0.3, 0.4) is 0 Å². The predicted octanol–water partition coefficient (Wildman–Crippen LogP) is 1.91. The molecular weight excluding hydrogens is 416 g/mol. The molecular formula is C24H28N8O. The van der Waals surface area contributed by atoms with Crippen molar-refractivity contribution in [3.8, 4) is 17.2 Å². The van der Waals surface area contributed by atoms with Gasteiger partial charge >= 0.3 is 0 Å². The highest BCUT2D eigenvalue weighted by molar-refractivity contribution is 5.87. The number of aryl methyl sites for hydroxylation is 1. The topological polar surface area (TPSA) is 85.7 Å². The molecule has 0 bridgehead atoms. The number of anilines is 1. The molecule has 9 heteroatoms. The van der Waals surface area contributed by atoms with Crippen LogP contribution in [0, 0.1) is 11.3 Å². The normalized spacial score (nSPS) is 17.9. The molecule has 0 N–H and O–H groups in total. The molecule has 170 valence electrons. The van der Waals surface area contributed by atoms with Crippen LogP contribution in [0.15, 0.2) is 43.5 Å². The summed E-state index contributed by atoms with van der Waals surface area (Å²) >= 11 is 0. The van der Waals surface area contributed by atoms with Crippen LogP contribution < -0.4 is 4.90 Å². The first-order valence-corrected chi connectivity index (χ1v) is 11.4. The number of piperazine rings is 1. The Kier molecular flexibility index (Phi) is 5.60. The van der Waals surface area contributed by atoms with E-state index in [4.69, 9.17) is 0 Å². The van der Waals surface area contributed by atoms with Crippen molar-refractivity contribution in [3.05, 3.63) is 49.1 Å². The number of aromatic nitrogens is 4. The molecule has 0 aliphatic carbocycles. The Balaban J connectivity index is 1.35. The first-order chi connectivity index (χ1) is 16.1. The number of rotatable bonds is 4. The summed E-state index contributed by atoms with van der Waals surface area (Å²) < 4.78 is 3.60. The third-order valence-electron chi connectivity index (χ3n) is 6.87. The van der Waals surface area contributed by atoms with E-state index in [-0.39, 0.29) is 5.91 Å². The fourth-order valence-corrected chi connectivity index (χ4v) is 5.06. The lowest BCUT2D eigenvalue weighted by Crippen LogP contribution is -2.53. The zero-order valence-corrected chi connectivity index (χ0v) is 18.9. The second-order valence-electron chi connectivity index (χ2n) is 8.76. The van der Waals surface area contributed by atoms with E-state index in [0.717, 1.165) is 74.4 Å². The van der Waals surface area contributed by atoms with Crippen LogP contribution in [0.2, 0.25) is 0 Å². The minimum Gasteiger partial charge on any atom is -0.367 e. The minimum atomic E-state index is 0.0323. The Bertz CT molecular complexity index is 1220. The summed E-state index contributed by atoms with van der Waals surface area (Å²) in [4.78, 5) is 18.7. The van der Waals surface area contributed by atoms with Crippen molar-refractivity contribution in [2.45, 2.75) is 18.9 Å². The van der Waals surface area contributed by atoms with E-state index < -0.39 is 0 Å². The van der Waals surface area contributed by atoms with Crippen LogP contribution >= 0.6 is 0 Å². The van der Waals surface area contributed by atoms with Gasteiger partial charge in [0.05, 0.1) is 23.6 Å². The number of nitriles is 1. The number of amides is 1. The molecule has 5 heterocycles. The number of carbonyl (C=O) groups excluding carboxylic acids is 1. The monoisotopic (exact) mass is 444 g/mol. The molecule has 3 aromatic rings. The summed E-state index contributed by atoms with van der Waals surface area (Å²) in [6.45, 7) is 8.87. The molecule has 2 aliphatic rings. The lowest BCUT2D eigenvalue weighted by atomic mass is 10.0. The first-order valence-electron chi connectivity index (χ1n) is 11.4. The van der Waals surface area contributed by atoms with Gasteiger partial charge in [-0.3, -0.25) is 14.4 Å². The van der Waals surface area contributed by atoms with Crippen LogP contribution in [-0.2, 0) is 11.8 Å². The zero-order chi connectivity index (χ0) is 22.9. The Morgan fingerprint density at radius 3 is 2.48 bits per heavy atom. The van der Waals surface area contributed by atoms with Gasteiger partial charge in [0, 0.05) is 75.9 Å². The summed E-state index contributed by atoms with van der Waals surface area (Å²) in [7, 11) is 1.90. The van der Waals surface area contributed by atoms with Crippen molar-refractivity contribution in [3.63, 3.8) is 0 Å². The average Bonchev–Trinajstić information content (AvgIpc) is 3.49. The van der Waals surface area contributed by atoms with Gasteiger partial charge in [-0.25, -0.2) is 4.52 Å². The van der Waals surface area contributed by atoms with Crippen molar-refractivity contribution >= 4 is 17.1 Å². The molecule has 2 fully saturated rings. The number of pyridine rings is 1. The molecule has 2 saturated heterocycles. The maximum atomic E-state index is 11.9. The lowest BCUT2D eigenvalue weighted by molar-refractivity contribution is -0.127. The Hall–Kier alpha value is -3.64. The standard InChI is InChI=1S/C24H28N8O/c1-3-23(33)31-6-4-21(5-7-31)29-8-10-30(11-9-29)22-12-18(20-15-26-28(2)16-20)17-32-24(22)19(13-25)14-27-32/h3,12,14-17,21H,1,4-11H2,2H3. The highest BCUT2D eigenvalue weighted by Crippen LogP contribution is 2.32. The summed E-state index contributed by atoms with van der Waals surface area (Å²) in [5.74, 6) is 0.0323. The van der Waals surface area contributed by atoms with Gasteiger partial charge in [0.1, 0.15) is 11.6 Å². The molecule has 0 saturated carbocycles. The number of nitrogens with zero attached hydrogens (tertiary/aromatic N) is 8. The zero-order valence-electron chi connectivity index (χ0n) is 18.9. The van der Waals surface area contributed by atoms with Gasteiger partial charge in [-0.2, -0.15) is 15.5 Å². The number of fused-ring (bicyclic) bond motifs is 1. The lowest BCUT2D eigenvalue weighted by Gasteiger charge is -2.43. The van der Waals surface area contributed by atoms with Crippen molar-refractivity contribution in [1.29, 1.82) is 5.26 Å². The van der Waals surface area contributed by atoms with E-state index in [2.05, 4.69) is 38.7 Å². The van der Waals surface area contributed by atoms with Gasteiger partial charge < -0.3 is 9.80 Å². The third-order valence-corrected chi connectivity index (χ3v) is 6.87. The van der Waals surface area contributed by atoms with Gasteiger partial charge in [-0.05, 0) is 25.0 Å². The number of hydrogen-bond acceptors (Lipinski definition) is 6. The Labute approximate surface area is 193 Å². The number of piperidine rings is 1. The molecule has 0 radical (unpaired) electrons. The second kappa shape index (κ2) is 8.71. The Morgan fingerprint density at radius 1 is 1.09 bits per heavy atom. The summed E-state index contributed by atoms with van der Waals surface area (Å²) in [6, 6.07) is 4.96. The summed E-state index contributed by atoms with van der Waals surface area (Å²) in [6.07, 6.45) is 10.8. The Morgan fingerprint density at radius 2 is 1.85 bits per heavy atom. The van der Waals surface area contributed by atoms with Gasteiger partial charge in [0.25, 0.3) is 0 Å². The fourth-order valence-electron chi connectivity index (χ4n) is 5.06. The predicted molar refractivity (Wildman–Crippen MR) is 126 cm³/mol. The van der Waals surface area contributed by atoms with Gasteiger partial charge in [-0.1, -0.05) is 6.58 Å². The van der Waals surface area contributed by atoms with E-state index in [0.29, 0.717) is 11.6 Å². The van der Waals surface area contributed by atoms with Crippen LogP contribution in [-0.4, -0.2) is 80.4 Å². The van der Waals surface area contributed by atoms with Crippen LogP contribution in [0.25, 0.3) is 16.6 Å². The molecule has 0 atom stereocenters. The second-order valence-corrected chi connectivity index (χ2v) is 8.76. The van der Waals surface area contributed by atoms with E-state index in [9.17, 15) is 10.1 Å². The van der Waals surface area contributed by atoms with E-state index in [1.807, 2.05) is 35.1 Å². The highest BCUT2D eigenvalue weighted by Gasteiger charge is 2.29. The summed E-state index contributed by atoms with van der Waals surface area (Å²) in [5.41, 5.74) is 4.53. The molecule has 5 rings (SSSR count). The minimum absolute atomic E-state index is 0.0323. The van der Waals surface area contributed by atoms with Crippen molar-refractivity contribution in [2.75, 3.05) is 44.2 Å². The molecule has 3 aromatic heterocycles. The quantitative estimate of drug-likeness (QED) is 0.572. The fraction of sp³-hybridized carbons (Fsp3) is 0.417. The molecule has 0 unspecified atom stereocenters. The maximum Gasteiger partial charge on any atom is 0.245 e. The van der Waals surface area contributed by atoms with Crippen LogP contribution in [0.5, 0.6) is 0 Å². The van der Waals surface area contributed by atoms with E-state index in [1.165, 1.54) is 6.08 Å². The first kappa shape index (κ1) is 21.2. The van der Waals surface area contributed by atoms with Crippen LogP contribution in [0.1, 0.15) is 18.4 Å². The largest absolute Gasteiger partial charge is 0.367 e. The smallest absolute Gasteiger partial charge is 0.245 e. The van der Waals surface area contributed by atoms with Gasteiger partial charge in [-0.15, -0.1) is 0 Å². The number of likely N-dealkylation sites (tertiary alicyclic amines) is 1. The van der Waals surface area contributed by atoms with Gasteiger partial charge in [0.15, 0.2) is 0 Å². The number of hydrogen-bond donors (Lipinski definition) is 0. The van der Waals surface area contributed by atoms with Gasteiger partial charge in [0.2, 0.25) is 5.91 Å². The molecule has 1 amide bonds. The van der Waals surface area contributed by atoms with Crippen molar-refractivity contribution in [1.82, 2.24) is 29.2 Å². The molecule has 33 heavy (non-hydrogen) atoms. The molecule has 9 nitrogen and oxygen atoms in total. The summed E-state index contributed by atoms with van der Waals surface area (Å²) in [5, 5.41) is 18.4. The van der Waals surface area contributed by atoms with Crippen molar-refractivity contribution in [2.24, 2.45) is 7.05 Å². The average molecular weight is 445 g/mol. The van der Waals surface area contributed by atoms with Crippen LogP contribution in [0.4, 0.5) is 5.69 Å². The molecule has 0 spiro atoms.